The largest absolute Gasteiger partial charge is 0.343 e. The zero-order chi connectivity index (χ0) is 16.6. The van der Waals surface area contributed by atoms with Gasteiger partial charge in [-0.15, -0.1) is 11.8 Å². The van der Waals surface area contributed by atoms with E-state index in [9.17, 15) is 4.79 Å². The van der Waals surface area contributed by atoms with Gasteiger partial charge in [0.15, 0.2) is 0 Å². The minimum atomic E-state index is 0.320. The van der Waals surface area contributed by atoms with Gasteiger partial charge in [0.1, 0.15) is 4.38 Å². The van der Waals surface area contributed by atoms with Gasteiger partial charge >= 0.3 is 0 Å². The van der Waals surface area contributed by atoms with Crippen molar-refractivity contribution in [3.05, 3.63) is 30.3 Å². The summed E-state index contributed by atoms with van der Waals surface area (Å²) in [6.45, 7) is 2.85. The maximum absolute atomic E-state index is 12.3. The number of nitrogens with zero attached hydrogens (tertiary/aromatic N) is 2. The molecule has 0 radical (unpaired) electrons. The van der Waals surface area contributed by atoms with Gasteiger partial charge in [-0.2, -0.15) is 0 Å². The number of hydrogen-bond acceptors (Lipinski definition) is 5. The van der Waals surface area contributed by atoms with Gasteiger partial charge in [0, 0.05) is 41.7 Å². The molecule has 0 bridgehead atoms. The second kappa shape index (κ2) is 9.78. The van der Waals surface area contributed by atoms with Crippen molar-refractivity contribution in [2.24, 2.45) is 10.9 Å². The van der Waals surface area contributed by atoms with E-state index in [0.29, 0.717) is 12.3 Å². The molecule has 1 saturated heterocycles. The molecule has 0 aromatic heterocycles. The monoisotopic (exact) mass is 380 g/mol. The molecule has 1 fully saturated rings. The van der Waals surface area contributed by atoms with Crippen molar-refractivity contribution in [3.8, 4) is 0 Å². The van der Waals surface area contributed by atoms with Gasteiger partial charge in [-0.25, -0.2) is 0 Å². The lowest BCUT2D eigenvalue weighted by molar-refractivity contribution is -0.132. The van der Waals surface area contributed by atoms with Crippen molar-refractivity contribution in [2.75, 3.05) is 36.9 Å². The molecule has 3 nitrogen and oxygen atoms in total. The number of carbonyl (C=O) groups is 1. The third-order valence-electron chi connectivity index (χ3n) is 4.30. The predicted molar refractivity (Wildman–Crippen MR) is 108 cm³/mol. The van der Waals surface area contributed by atoms with Crippen LogP contribution in [0.5, 0.6) is 0 Å². The maximum atomic E-state index is 12.3. The highest BCUT2D eigenvalue weighted by Crippen LogP contribution is 2.28. The number of thioether (sulfide) groups is 3. The number of amides is 1. The summed E-state index contributed by atoms with van der Waals surface area (Å²) < 4.78 is 1.27. The number of likely N-dealkylation sites (tertiary alicyclic amines) is 1. The van der Waals surface area contributed by atoms with Crippen LogP contribution in [-0.4, -0.2) is 52.1 Å². The van der Waals surface area contributed by atoms with E-state index in [-0.39, 0.29) is 0 Å². The lowest BCUT2D eigenvalue weighted by Crippen LogP contribution is -2.39. The van der Waals surface area contributed by atoms with Crippen molar-refractivity contribution < 1.29 is 4.79 Å². The number of piperidine rings is 1. The fourth-order valence-corrected chi connectivity index (χ4v) is 5.96. The van der Waals surface area contributed by atoms with Crippen LogP contribution in [0.25, 0.3) is 0 Å². The fourth-order valence-electron chi connectivity index (χ4n) is 2.87. The molecule has 3 rings (SSSR count). The highest BCUT2D eigenvalue weighted by atomic mass is 32.2. The Hall–Kier alpha value is -0.590. The summed E-state index contributed by atoms with van der Waals surface area (Å²) in [7, 11) is 0. The van der Waals surface area contributed by atoms with E-state index in [2.05, 4.69) is 22.0 Å². The first-order chi connectivity index (χ1) is 11.8. The summed E-state index contributed by atoms with van der Waals surface area (Å²) in [6, 6.07) is 10.3. The molecule has 24 heavy (non-hydrogen) atoms. The van der Waals surface area contributed by atoms with E-state index >= 15 is 0 Å². The Bertz CT molecular complexity index is 557. The number of benzene rings is 1. The van der Waals surface area contributed by atoms with Gasteiger partial charge in [-0.05, 0) is 30.9 Å². The average Bonchev–Trinajstić information content (AvgIpc) is 3.15. The summed E-state index contributed by atoms with van der Waals surface area (Å²) >= 11 is 5.58. The molecular weight excluding hydrogens is 356 g/mol. The second-order valence-electron chi connectivity index (χ2n) is 6.04. The predicted octanol–water partition coefficient (Wildman–Crippen LogP) is 4.24. The molecule has 1 amide bonds. The highest BCUT2D eigenvalue weighted by molar-refractivity contribution is 8.39. The number of aliphatic imine (C=N–C) groups is 1. The van der Waals surface area contributed by atoms with E-state index in [1.807, 2.05) is 41.7 Å². The molecule has 0 N–H and O–H groups in total. The van der Waals surface area contributed by atoms with Gasteiger partial charge in [-0.3, -0.25) is 9.79 Å². The van der Waals surface area contributed by atoms with E-state index in [1.165, 1.54) is 9.27 Å². The van der Waals surface area contributed by atoms with Crippen molar-refractivity contribution >= 4 is 45.6 Å². The minimum Gasteiger partial charge on any atom is -0.343 e. The van der Waals surface area contributed by atoms with Crippen molar-refractivity contribution in [3.63, 3.8) is 0 Å². The van der Waals surface area contributed by atoms with Crippen molar-refractivity contribution in [1.82, 2.24) is 4.90 Å². The van der Waals surface area contributed by atoms with Crippen LogP contribution in [0.4, 0.5) is 0 Å². The Morgan fingerprint density at radius 2 is 2.00 bits per heavy atom. The van der Waals surface area contributed by atoms with E-state index in [0.717, 1.165) is 55.7 Å². The zero-order valence-corrected chi connectivity index (χ0v) is 16.3. The summed E-state index contributed by atoms with van der Waals surface area (Å²) in [5.41, 5.74) is 0. The van der Waals surface area contributed by atoms with Gasteiger partial charge in [-0.1, -0.05) is 41.7 Å². The third kappa shape index (κ3) is 5.74. The summed E-state index contributed by atoms with van der Waals surface area (Å²) in [6.07, 6.45) is 2.93. The SMILES string of the molecule is O=C(CCSc1ccccc1)N1CCC(CSC2=NCCS2)CC1. The molecule has 2 aliphatic rings. The molecule has 0 atom stereocenters. The average molecular weight is 381 g/mol. The lowest BCUT2D eigenvalue weighted by Gasteiger charge is -2.32. The van der Waals surface area contributed by atoms with Gasteiger partial charge in [0.2, 0.25) is 5.91 Å². The van der Waals surface area contributed by atoms with Crippen LogP contribution in [-0.2, 0) is 4.79 Å². The third-order valence-corrected chi connectivity index (χ3v) is 7.79. The topological polar surface area (TPSA) is 32.7 Å². The standard InChI is InChI=1S/C18H24N2OS3/c21-17(8-12-22-16-4-2-1-3-5-16)20-10-6-15(7-11-20)14-24-18-19-9-13-23-18/h1-5,15H,6-14H2. The molecule has 0 spiro atoms. The number of carbonyl (C=O) groups excluding carboxylic acids is 1. The normalized spacial score (nSPS) is 18.7. The molecule has 130 valence electrons. The van der Waals surface area contributed by atoms with E-state index < -0.39 is 0 Å². The van der Waals surface area contributed by atoms with Crippen molar-refractivity contribution in [1.29, 1.82) is 0 Å². The Morgan fingerprint density at radius 1 is 1.21 bits per heavy atom. The molecule has 2 heterocycles. The second-order valence-corrected chi connectivity index (χ2v) is 9.56. The van der Waals surface area contributed by atoms with Gasteiger partial charge in [0.25, 0.3) is 0 Å². The number of hydrogen-bond donors (Lipinski definition) is 0. The highest BCUT2D eigenvalue weighted by Gasteiger charge is 2.23. The maximum Gasteiger partial charge on any atom is 0.223 e. The molecule has 6 heteroatoms. The molecule has 0 saturated carbocycles. The summed E-state index contributed by atoms with van der Waals surface area (Å²) in [4.78, 5) is 20.2. The number of rotatable bonds is 6. The van der Waals surface area contributed by atoms with Crippen molar-refractivity contribution in [2.45, 2.75) is 24.2 Å². The van der Waals surface area contributed by atoms with Gasteiger partial charge in [0.05, 0.1) is 6.54 Å². The minimum absolute atomic E-state index is 0.320. The van der Waals surface area contributed by atoms with Crippen LogP contribution in [0, 0.1) is 5.92 Å². The van der Waals surface area contributed by atoms with E-state index in [1.54, 1.807) is 11.8 Å². The zero-order valence-electron chi connectivity index (χ0n) is 13.9. The summed E-state index contributed by atoms with van der Waals surface area (Å²) in [5, 5.41) is 0. The smallest absolute Gasteiger partial charge is 0.223 e. The molecule has 2 aliphatic heterocycles. The van der Waals surface area contributed by atoms with Crippen LogP contribution in [0.15, 0.2) is 40.2 Å². The Morgan fingerprint density at radius 3 is 2.71 bits per heavy atom. The Labute approximate surface area is 157 Å². The van der Waals surface area contributed by atoms with Crippen LogP contribution >= 0.6 is 35.3 Å². The van der Waals surface area contributed by atoms with Crippen LogP contribution in [0.2, 0.25) is 0 Å². The molecule has 1 aromatic carbocycles. The molecule has 0 unspecified atom stereocenters. The quantitative estimate of drug-likeness (QED) is 0.691. The summed E-state index contributed by atoms with van der Waals surface area (Å²) in [5.74, 6) is 4.24. The Kier molecular flexibility index (Phi) is 7.42. The fraction of sp³-hybridized carbons (Fsp3) is 0.556. The van der Waals surface area contributed by atoms with Crippen LogP contribution in [0.3, 0.4) is 0 Å². The molecule has 0 aliphatic carbocycles. The van der Waals surface area contributed by atoms with Crippen LogP contribution < -0.4 is 0 Å². The van der Waals surface area contributed by atoms with Crippen LogP contribution in [0.1, 0.15) is 19.3 Å². The first kappa shape index (κ1) is 18.2. The van der Waals surface area contributed by atoms with Gasteiger partial charge < -0.3 is 4.90 Å². The first-order valence-electron chi connectivity index (χ1n) is 8.57. The first-order valence-corrected chi connectivity index (χ1v) is 11.5. The lowest BCUT2D eigenvalue weighted by atomic mass is 9.99. The molecule has 1 aromatic rings. The molecular formula is C18H24N2OS3. The van der Waals surface area contributed by atoms with E-state index in [4.69, 9.17) is 0 Å². The Balaban J connectivity index is 1.31.